The van der Waals surface area contributed by atoms with Gasteiger partial charge < -0.3 is 20.5 Å². The number of aromatic nitrogens is 1. The normalized spacial score (nSPS) is 21.0. The number of hydrogen-bond donors (Lipinski definition) is 2. The topological polar surface area (TPSA) is 81.2 Å². The van der Waals surface area contributed by atoms with Gasteiger partial charge in [-0.2, -0.15) is 0 Å². The molecule has 1 aliphatic heterocycles. The third-order valence-corrected chi connectivity index (χ3v) is 3.65. The van der Waals surface area contributed by atoms with Gasteiger partial charge in [0.25, 0.3) is 0 Å². The van der Waals surface area contributed by atoms with Crippen molar-refractivity contribution in [3.05, 3.63) is 17.8 Å². The van der Waals surface area contributed by atoms with Crippen LogP contribution in [0.15, 0.2) is 12.3 Å². The summed E-state index contributed by atoms with van der Waals surface area (Å²) in [4.78, 5) is 4.06. The van der Waals surface area contributed by atoms with Crippen molar-refractivity contribution in [2.24, 2.45) is 0 Å². The maximum atomic E-state index is 7.28. The smallest absolute Gasteiger partial charge is 0.399 e. The summed E-state index contributed by atoms with van der Waals surface area (Å²) in [7, 11) is -0.471. The molecule has 0 aromatic carbocycles. The van der Waals surface area contributed by atoms with Crippen molar-refractivity contribution in [3.63, 3.8) is 0 Å². The lowest BCUT2D eigenvalue weighted by molar-refractivity contribution is 0.00578. The van der Waals surface area contributed by atoms with E-state index in [-0.39, 0.29) is 11.2 Å². The molecule has 1 aromatic rings. The lowest BCUT2D eigenvalue weighted by Crippen LogP contribution is -2.41. The molecule has 0 atom stereocenters. The van der Waals surface area contributed by atoms with Gasteiger partial charge in [-0.25, -0.2) is 4.98 Å². The van der Waals surface area contributed by atoms with Gasteiger partial charge in [0.2, 0.25) is 0 Å². The summed E-state index contributed by atoms with van der Waals surface area (Å²) in [5, 5.41) is 7.28. The Balaban J connectivity index is 2.32. The van der Waals surface area contributed by atoms with E-state index in [0.717, 1.165) is 5.46 Å². The van der Waals surface area contributed by atoms with E-state index in [1.807, 2.05) is 27.7 Å². The summed E-state index contributed by atoms with van der Waals surface area (Å²) in [5.74, 6) is 0.338. The Morgan fingerprint density at radius 3 is 2.33 bits per heavy atom. The minimum atomic E-state index is -0.471. The molecular formula is C12H18BN3O2. The summed E-state index contributed by atoms with van der Waals surface area (Å²) < 4.78 is 11.8. The second-order valence-corrected chi connectivity index (χ2v) is 5.48. The van der Waals surface area contributed by atoms with Crippen molar-refractivity contribution >= 4 is 24.6 Å². The van der Waals surface area contributed by atoms with Crippen molar-refractivity contribution in [1.82, 2.24) is 4.98 Å². The zero-order valence-corrected chi connectivity index (χ0v) is 11.2. The van der Waals surface area contributed by atoms with E-state index in [1.54, 1.807) is 12.3 Å². The Kier molecular flexibility index (Phi) is 2.95. The van der Waals surface area contributed by atoms with E-state index in [0.29, 0.717) is 11.4 Å². The second-order valence-electron chi connectivity index (χ2n) is 5.48. The Bertz CT molecular complexity index is 472. The fourth-order valence-corrected chi connectivity index (χ4v) is 1.73. The standard InChI is InChI=1S/C12H18BN3O2/c1-11(2)12(3,4)18-13(17-11)9-5-8(6-14)10(15)16-7-9/h5-7,14H,1-4H3,(H2,15,16). The number of nitrogens with zero attached hydrogens (tertiary/aromatic N) is 1. The Morgan fingerprint density at radius 1 is 1.28 bits per heavy atom. The molecule has 2 heterocycles. The van der Waals surface area contributed by atoms with Gasteiger partial charge in [0, 0.05) is 23.4 Å². The molecule has 1 saturated heterocycles. The van der Waals surface area contributed by atoms with Gasteiger partial charge in [-0.15, -0.1) is 0 Å². The highest BCUT2D eigenvalue weighted by molar-refractivity contribution is 6.62. The number of rotatable bonds is 2. The number of nitrogens with one attached hydrogen (secondary N) is 1. The third-order valence-electron chi connectivity index (χ3n) is 3.65. The molecule has 0 bridgehead atoms. The number of pyridine rings is 1. The van der Waals surface area contributed by atoms with Crippen molar-refractivity contribution < 1.29 is 9.31 Å². The first-order valence-electron chi connectivity index (χ1n) is 5.88. The first-order chi connectivity index (χ1) is 8.27. The van der Waals surface area contributed by atoms with Crippen LogP contribution < -0.4 is 11.2 Å². The largest absolute Gasteiger partial charge is 0.496 e. The molecule has 1 fully saturated rings. The van der Waals surface area contributed by atoms with Gasteiger partial charge in [0.05, 0.1) is 11.2 Å². The van der Waals surface area contributed by atoms with Crippen LogP contribution in [0.2, 0.25) is 0 Å². The number of nitrogens with two attached hydrogens (primary N) is 1. The molecule has 96 valence electrons. The Morgan fingerprint density at radius 2 is 1.83 bits per heavy atom. The first kappa shape index (κ1) is 13.0. The van der Waals surface area contributed by atoms with E-state index in [4.69, 9.17) is 20.5 Å². The molecule has 0 saturated carbocycles. The SMILES string of the molecule is CC1(C)OB(c2cnc(N)c(C=N)c2)OC1(C)C. The molecule has 0 amide bonds. The summed E-state index contributed by atoms with van der Waals surface area (Å²) in [5.41, 5.74) is 6.24. The first-order valence-corrected chi connectivity index (χ1v) is 5.88. The van der Waals surface area contributed by atoms with Gasteiger partial charge >= 0.3 is 7.12 Å². The van der Waals surface area contributed by atoms with Crippen LogP contribution in [-0.2, 0) is 9.31 Å². The molecular weight excluding hydrogens is 229 g/mol. The van der Waals surface area contributed by atoms with E-state index in [9.17, 15) is 0 Å². The van der Waals surface area contributed by atoms with Crippen molar-refractivity contribution in [2.45, 2.75) is 38.9 Å². The fraction of sp³-hybridized carbons (Fsp3) is 0.500. The zero-order valence-electron chi connectivity index (χ0n) is 11.2. The molecule has 0 unspecified atom stereocenters. The molecule has 5 nitrogen and oxygen atoms in total. The highest BCUT2D eigenvalue weighted by atomic mass is 16.7. The summed E-state index contributed by atoms with van der Waals surface area (Å²) in [6.07, 6.45) is 2.81. The lowest BCUT2D eigenvalue weighted by Gasteiger charge is -2.32. The Labute approximate surface area is 107 Å². The summed E-state index contributed by atoms with van der Waals surface area (Å²) in [6, 6.07) is 1.78. The van der Waals surface area contributed by atoms with E-state index < -0.39 is 7.12 Å². The minimum Gasteiger partial charge on any atom is -0.399 e. The lowest BCUT2D eigenvalue weighted by atomic mass is 9.79. The number of hydrogen-bond acceptors (Lipinski definition) is 5. The van der Waals surface area contributed by atoms with E-state index in [2.05, 4.69) is 4.98 Å². The van der Waals surface area contributed by atoms with Crippen LogP contribution in [0, 0.1) is 5.41 Å². The molecule has 18 heavy (non-hydrogen) atoms. The molecule has 3 N–H and O–H groups in total. The van der Waals surface area contributed by atoms with E-state index in [1.165, 1.54) is 6.21 Å². The van der Waals surface area contributed by atoms with Gasteiger partial charge in [-0.05, 0) is 33.8 Å². The maximum absolute atomic E-state index is 7.28. The quantitative estimate of drug-likeness (QED) is 0.602. The van der Waals surface area contributed by atoms with Crippen LogP contribution in [0.4, 0.5) is 5.82 Å². The van der Waals surface area contributed by atoms with Crippen LogP contribution in [0.1, 0.15) is 33.3 Å². The van der Waals surface area contributed by atoms with Crippen LogP contribution in [0.3, 0.4) is 0 Å². The highest BCUT2D eigenvalue weighted by Crippen LogP contribution is 2.36. The monoisotopic (exact) mass is 247 g/mol. The van der Waals surface area contributed by atoms with Crippen molar-refractivity contribution in [3.8, 4) is 0 Å². The van der Waals surface area contributed by atoms with Gasteiger partial charge in [-0.3, -0.25) is 0 Å². The fourth-order valence-electron chi connectivity index (χ4n) is 1.73. The van der Waals surface area contributed by atoms with Crippen LogP contribution in [0.5, 0.6) is 0 Å². The van der Waals surface area contributed by atoms with Crippen molar-refractivity contribution in [2.75, 3.05) is 5.73 Å². The second kappa shape index (κ2) is 4.07. The van der Waals surface area contributed by atoms with E-state index >= 15 is 0 Å². The van der Waals surface area contributed by atoms with Gasteiger partial charge in [0.15, 0.2) is 0 Å². The molecule has 0 spiro atoms. The molecule has 1 aliphatic rings. The average molecular weight is 247 g/mol. The molecule has 2 rings (SSSR count). The molecule has 1 aromatic heterocycles. The van der Waals surface area contributed by atoms with Gasteiger partial charge in [-0.1, -0.05) is 0 Å². The minimum absolute atomic E-state index is 0.338. The Hall–Kier alpha value is -1.40. The number of nitrogen functional groups attached to an aromatic ring is 1. The summed E-state index contributed by atoms with van der Waals surface area (Å²) in [6.45, 7) is 7.98. The molecule has 0 radical (unpaired) electrons. The predicted octanol–water partition coefficient (Wildman–Crippen LogP) is 0.961. The molecule has 6 heteroatoms. The third kappa shape index (κ3) is 2.02. The molecule has 0 aliphatic carbocycles. The predicted molar refractivity (Wildman–Crippen MR) is 72.3 cm³/mol. The average Bonchev–Trinajstić information content (AvgIpc) is 2.49. The van der Waals surface area contributed by atoms with Crippen molar-refractivity contribution in [1.29, 1.82) is 5.41 Å². The van der Waals surface area contributed by atoms with Crippen LogP contribution >= 0.6 is 0 Å². The maximum Gasteiger partial charge on any atom is 0.496 e. The summed E-state index contributed by atoms with van der Waals surface area (Å²) >= 11 is 0. The highest BCUT2D eigenvalue weighted by Gasteiger charge is 2.51. The zero-order chi connectivity index (χ0) is 13.6. The van der Waals surface area contributed by atoms with Crippen LogP contribution in [0.25, 0.3) is 0 Å². The number of anilines is 1. The van der Waals surface area contributed by atoms with Gasteiger partial charge in [0.1, 0.15) is 5.82 Å². The van der Waals surface area contributed by atoms with Crippen LogP contribution in [-0.4, -0.2) is 29.5 Å².